The molecule has 0 unspecified atom stereocenters. The lowest BCUT2D eigenvalue weighted by Crippen LogP contribution is -2.04. The average molecular weight is 1260 g/mol. The molecule has 0 spiro atoms. The Hall–Kier alpha value is -13.0. The van der Waals surface area contributed by atoms with E-state index in [1.165, 1.54) is 194 Å². The molecule has 0 heteroatoms. The van der Waals surface area contributed by atoms with Crippen molar-refractivity contribution in [3.05, 3.63) is 361 Å². The Kier molecular flexibility index (Phi) is 10.3. The molecule has 24 rings (SSSR count). The van der Waals surface area contributed by atoms with Crippen LogP contribution in [0.5, 0.6) is 0 Å². The summed E-state index contributed by atoms with van der Waals surface area (Å²) in [5.41, 5.74) is 11.5. The van der Waals surface area contributed by atoms with Crippen molar-refractivity contribution in [1.82, 2.24) is 0 Å². The van der Waals surface area contributed by atoms with Crippen molar-refractivity contribution >= 4 is 216 Å². The summed E-state index contributed by atoms with van der Waals surface area (Å²) < 4.78 is 0. The summed E-state index contributed by atoms with van der Waals surface area (Å²) in [4.78, 5) is 0. The second-order valence-electron chi connectivity index (χ2n) is 28.5. The van der Waals surface area contributed by atoms with E-state index in [2.05, 4.69) is 328 Å². The molecule has 0 nitrogen and oxygen atoms in total. The standard InChI is InChI=1S/C100H54/c1-7-55-19-31-67-43-79(44-68-32-20-56(8-1)85(55)91(67)68)97(80-45-69-33-21-57-9-2-10-58-22-34-70(46-80)92(69)86(57)58)99(83-51-75-39-27-63-15-5-16-64-28-40-76(52-83)95(75)89(63)64)100(84-53-77-41-29-65-17-6-18-66-30-42-78(54-84)96(77)90(65)66)98(81-47-71-35-23-59-11-3-12-60-24-36-72(48-81)93(71)87(59)60)82-49-73-37-25-61-13-4-14-62-26-38-74(50-82)94(73)88(61)62/h1-54H. The van der Waals surface area contributed by atoms with Gasteiger partial charge in [-0.25, -0.2) is 0 Å². The van der Waals surface area contributed by atoms with E-state index >= 15 is 0 Å². The maximum Gasteiger partial charge on any atom is -0.00139 e. The van der Waals surface area contributed by atoms with Crippen molar-refractivity contribution in [3.8, 4) is 0 Å². The second kappa shape index (κ2) is 19.4. The number of rotatable bonds is 7. The molecule has 0 N–H and O–H groups in total. The highest BCUT2D eigenvalue weighted by molar-refractivity contribution is 6.35. The van der Waals surface area contributed by atoms with Crippen LogP contribution in [-0.2, 0) is 0 Å². The van der Waals surface area contributed by atoms with Crippen molar-refractivity contribution in [2.45, 2.75) is 0 Å². The summed E-state index contributed by atoms with van der Waals surface area (Å²) in [7, 11) is 0. The van der Waals surface area contributed by atoms with E-state index in [0.717, 1.165) is 55.7 Å². The van der Waals surface area contributed by atoms with Gasteiger partial charge in [0.1, 0.15) is 0 Å². The van der Waals surface area contributed by atoms with Gasteiger partial charge in [0, 0.05) is 0 Å². The van der Waals surface area contributed by atoms with Crippen LogP contribution in [0.15, 0.2) is 328 Å². The van der Waals surface area contributed by atoms with Gasteiger partial charge >= 0.3 is 0 Å². The second-order valence-corrected chi connectivity index (χ2v) is 28.5. The third kappa shape index (κ3) is 7.28. The molecular weight excluding hydrogens is 1200 g/mol. The van der Waals surface area contributed by atoms with E-state index in [1.54, 1.807) is 0 Å². The molecule has 100 heavy (non-hydrogen) atoms. The molecule has 0 aliphatic heterocycles. The van der Waals surface area contributed by atoms with Crippen LogP contribution >= 0.6 is 0 Å². The molecular formula is C100H54. The zero-order chi connectivity index (χ0) is 64.7. The first-order chi connectivity index (χ1) is 49.5. The normalized spacial score (nSPS) is 12.6. The smallest absolute Gasteiger partial charge is 0.00139 e. The van der Waals surface area contributed by atoms with Crippen LogP contribution in [-0.4, -0.2) is 0 Å². The van der Waals surface area contributed by atoms with Crippen LogP contribution in [0.4, 0.5) is 0 Å². The Morgan fingerprint density at radius 1 is 0.110 bits per heavy atom. The largest absolute Gasteiger partial charge is 0.0610 e. The zero-order valence-corrected chi connectivity index (χ0v) is 54.2. The van der Waals surface area contributed by atoms with Crippen molar-refractivity contribution in [2.24, 2.45) is 0 Å². The lowest BCUT2D eigenvalue weighted by Gasteiger charge is -2.27. The van der Waals surface area contributed by atoms with Crippen LogP contribution in [0.1, 0.15) is 33.4 Å². The molecule has 0 fully saturated rings. The number of hydrogen-bond acceptors (Lipinski definition) is 0. The van der Waals surface area contributed by atoms with E-state index < -0.39 is 0 Å². The van der Waals surface area contributed by atoms with Gasteiger partial charge in [-0.2, -0.15) is 0 Å². The van der Waals surface area contributed by atoms with Gasteiger partial charge in [0.05, 0.1) is 0 Å². The van der Waals surface area contributed by atoms with Gasteiger partial charge in [0.2, 0.25) is 0 Å². The van der Waals surface area contributed by atoms with Crippen LogP contribution in [0, 0.1) is 0 Å². The Bertz CT molecular complexity index is 6600. The van der Waals surface area contributed by atoms with E-state index in [-0.39, 0.29) is 0 Å². The fourth-order valence-corrected chi connectivity index (χ4v) is 19.1. The molecule has 0 atom stereocenters. The van der Waals surface area contributed by atoms with Crippen molar-refractivity contribution in [2.75, 3.05) is 0 Å². The maximum absolute atomic E-state index is 2.56. The summed E-state index contributed by atoms with van der Waals surface area (Å²) in [5.74, 6) is 0. The van der Waals surface area contributed by atoms with Gasteiger partial charge < -0.3 is 0 Å². The van der Waals surface area contributed by atoms with Crippen molar-refractivity contribution in [1.29, 1.82) is 0 Å². The van der Waals surface area contributed by atoms with E-state index in [9.17, 15) is 0 Å². The van der Waals surface area contributed by atoms with Gasteiger partial charge in [-0.05, 0) is 322 Å². The molecule has 0 heterocycles. The van der Waals surface area contributed by atoms with Gasteiger partial charge in [-0.15, -0.1) is 0 Å². The van der Waals surface area contributed by atoms with Crippen molar-refractivity contribution in [3.63, 3.8) is 0 Å². The number of hydrogen-bond donors (Lipinski definition) is 0. The quantitative estimate of drug-likeness (QED) is 0.0848. The Labute approximate surface area is 573 Å². The lowest BCUT2D eigenvalue weighted by molar-refractivity contribution is 1.57. The molecule has 0 amide bonds. The molecule has 0 aromatic heterocycles. The predicted molar refractivity (Wildman–Crippen MR) is 433 cm³/mol. The Balaban J connectivity index is 0.959. The molecule has 0 aliphatic carbocycles. The minimum atomic E-state index is 1.14. The minimum absolute atomic E-state index is 1.14. The first-order valence-electron chi connectivity index (χ1n) is 35.1. The first kappa shape index (κ1) is 53.2. The summed E-state index contributed by atoms with van der Waals surface area (Å²) in [5, 5.41) is 45.3. The molecule has 0 bridgehead atoms. The molecule has 0 saturated carbocycles. The summed E-state index contributed by atoms with van der Waals surface area (Å²) in [6.45, 7) is 0. The van der Waals surface area contributed by atoms with E-state index in [1.807, 2.05) is 0 Å². The van der Waals surface area contributed by atoms with Crippen molar-refractivity contribution < 1.29 is 0 Å². The van der Waals surface area contributed by atoms with Gasteiger partial charge in [-0.3, -0.25) is 0 Å². The average Bonchev–Trinajstić information content (AvgIpc) is 0.714. The summed E-state index contributed by atoms with van der Waals surface area (Å²) >= 11 is 0. The first-order valence-corrected chi connectivity index (χ1v) is 35.1. The zero-order valence-electron chi connectivity index (χ0n) is 54.2. The highest BCUT2D eigenvalue weighted by atomic mass is 14.3. The molecule has 24 aromatic carbocycles. The molecule has 454 valence electrons. The van der Waals surface area contributed by atoms with Gasteiger partial charge in [0.15, 0.2) is 0 Å². The fourth-order valence-electron chi connectivity index (χ4n) is 19.1. The van der Waals surface area contributed by atoms with Crippen LogP contribution in [0.2, 0.25) is 0 Å². The lowest BCUT2D eigenvalue weighted by atomic mass is 9.75. The van der Waals surface area contributed by atoms with E-state index in [0.29, 0.717) is 0 Å². The van der Waals surface area contributed by atoms with E-state index in [4.69, 9.17) is 0 Å². The number of benzene rings is 24. The Morgan fingerprint density at radius 2 is 0.220 bits per heavy atom. The van der Waals surface area contributed by atoms with Gasteiger partial charge in [-0.1, -0.05) is 255 Å². The monoisotopic (exact) mass is 1250 g/mol. The molecule has 24 aromatic rings. The third-order valence-electron chi connectivity index (χ3n) is 23.3. The van der Waals surface area contributed by atoms with Gasteiger partial charge in [0.25, 0.3) is 0 Å². The maximum atomic E-state index is 2.56. The number of allylic oxidation sites excluding steroid dienone is 2. The topological polar surface area (TPSA) is 0 Å². The van der Waals surface area contributed by atoms with Crippen LogP contribution < -0.4 is 0 Å². The highest BCUT2D eigenvalue weighted by Gasteiger charge is 2.30. The highest BCUT2D eigenvalue weighted by Crippen LogP contribution is 2.54. The summed E-state index contributed by atoms with van der Waals surface area (Å²) in [6.07, 6.45) is 0. The third-order valence-corrected chi connectivity index (χ3v) is 23.3. The molecule has 0 aliphatic rings. The predicted octanol–water partition coefficient (Wildman–Crippen LogP) is 27.7. The Morgan fingerprint density at radius 3 is 0.360 bits per heavy atom. The van der Waals surface area contributed by atoms with Crippen LogP contribution in [0.3, 0.4) is 0 Å². The molecule has 0 radical (unpaired) electrons. The fraction of sp³-hybridized carbons (Fsp3) is 0. The minimum Gasteiger partial charge on any atom is -0.0610 e. The van der Waals surface area contributed by atoms with Crippen LogP contribution in [0.25, 0.3) is 216 Å². The SMILES string of the molecule is c1cc2ccc3cc(C(C(=C(c4cc5ccc6cccc7ccc(c4)c5c67)c4cc5ccc6cccc7ccc(c4)c5c67)c4cc5ccc6cccc7ccc(c4)c5c67)=C(c4cc5ccc6cccc7ccc(c4)c5c67)c4cc5ccc6cccc7ccc(c4)c5c67)cc4ccc(c1)c2c34. The summed E-state index contributed by atoms with van der Waals surface area (Å²) in [6, 6.07) is 128. The molecule has 0 saturated heterocycles.